The average molecular weight is 215 g/mol. The Kier molecular flexibility index (Phi) is 5.38. The van der Waals surface area contributed by atoms with Gasteiger partial charge in [0, 0.05) is 15.8 Å². The summed E-state index contributed by atoms with van der Waals surface area (Å²) in [6, 6.07) is 0. The third kappa shape index (κ3) is 2.83. The molecule has 0 bridgehead atoms. The van der Waals surface area contributed by atoms with Crippen LogP contribution in [0.4, 0.5) is 0 Å². The molecule has 1 unspecified atom stereocenters. The minimum atomic E-state index is 0.350. The van der Waals surface area contributed by atoms with Gasteiger partial charge in [0.05, 0.1) is 0 Å². The van der Waals surface area contributed by atoms with Gasteiger partial charge in [-0.15, -0.1) is 0 Å². The zero-order chi connectivity index (χ0) is 11.4. The quantitative estimate of drug-likeness (QED) is 0.671. The van der Waals surface area contributed by atoms with E-state index in [9.17, 15) is 0 Å². The summed E-state index contributed by atoms with van der Waals surface area (Å²) in [5.41, 5.74) is 0.350. The van der Waals surface area contributed by atoms with Crippen LogP contribution < -0.4 is 5.32 Å². The van der Waals surface area contributed by atoms with E-state index in [0.717, 1.165) is 12.5 Å². The summed E-state index contributed by atoms with van der Waals surface area (Å²) in [7, 11) is 1.25. The van der Waals surface area contributed by atoms with E-state index >= 15 is 0 Å². The second kappa shape index (κ2) is 5.31. The molecule has 0 aliphatic carbocycles. The van der Waals surface area contributed by atoms with Crippen LogP contribution in [0.1, 0.15) is 54.4 Å². The molecule has 0 rings (SSSR count). The second-order valence-electron chi connectivity index (χ2n) is 5.66. The van der Waals surface area contributed by atoms with E-state index in [0.29, 0.717) is 10.6 Å². The van der Waals surface area contributed by atoms with Crippen molar-refractivity contribution in [3.63, 3.8) is 0 Å². The summed E-state index contributed by atoms with van der Waals surface area (Å²) in [6.07, 6.45) is 2.58. The second-order valence-corrected chi connectivity index (χ2v) is 8.16. The monoisotopic (exact) mass is 215 g/mol. The lowest BCUT2D eigenvalue weighted by Gasteiger charge is -2.49. The minimum absolute atomic E-state index is 0.350. The van der Waals surface area contributed by atoms with Gasteiger partial charge in [0.2, 0.25) is 0 Å². The van der Waals surface area contributed by atoms with Crippen LogP contribution in [0.5, 0.6) is 0 Å². The fourth-order valence-electron chi connectivity index (χ4n) is 2.80. The molecule has 14 heavy (non-hydrogen) atoms. The summed E-state index contributed by atoms with van der Waals surface area (Å²) in [6.45, 7) is 15.1. The van der Waals surface area contributed by atoms with Crippen molar-refractivity contribution in [2.24, 2.45) is 5.92 Å². The van der Waals surface area contributed by atoms with E-state index in [-0.39, 0.29) is 0 Å². The summed E-state index contributed by atoms with van der Waals surface area (Å²) in [5.74, 6) is 0.718. The van der Waals surface area contributed by atoms with Crippen LogP contribution >= 0.6 is 0 Å². The van der Waals surface area contributed by atoms with E-state index < -0.39 is 0 Å². The summed E-state index contributed by atoms with van der Waals surface area (Å²) < 4.78 is 0. The topological polar surface area (TPSA) is 12.0 Å². The van der Waals surface area contributed by atoms with E-state index in [1.807, 2.05) is 0 Å². The predicted molar refractivity (Wildman–Crippen MR) is 70.1 cm³/mol. The van der Waals surface area contributed by atoms with Crippen LogP contribution in [0.3, 0.4) is 0 Å². The lowest BCUT2D eigenvalue weighted by molar-refractivity contribution is 0.163. The SMILES string of the molecule is CCCC(NCC)(C(C)C)C(C)(C)[SiH3]. The van der Waals surface area contributed by atoms with Gasteiger partial charge in [-0.3, -0.25) is 0 Å². The predicted octanol–water partition coefficient (Wildman–Crippen LogP) is 2.35. The van der Waals surface area contributed by atoms with Crippen molar-refractivity contribution in [2.45, 2.75) is 65.0 Å². The molecule has 0 aliphatic rings. The fraction of sp³-hybridized carbons (Fsp3) is 1.00. The van der Waals surface area contributed by atoms with Gasteiger partial charge in [-0.1, -0.05) is 48.0 Å². The number of nitrogens with one attached hydrogen (secondary N) is 1. The maximum atomic E-state index is 3.77. The zero-order valence-electron chi connectivity index (χ0n) is 11.2. The lowest BCUT2D eigenvalue weighted by atomic mass is 9.73. The highest BCUT2D eigenvalue weighted by Crippen LogP contribution is 2.43. The molecule has 1 atom stereocenters. The summed E-state index contributed by atoms with van der Waals surface area (Å²) >= 11 is 0. The first kappa shape index (κ1) is 14.2. The van der Waals surface area contributed by atoms with Gasteiger partial charge in [-0.2, -0.15) is 0 Å². The maximum absolute atomic E-state index is 3.77. The van der Waals surface area contributed by atoms with Crippen LogP contribution in [0.25, 0.3) is 0 Å². The Balaban J connectivity index is 4.94. The van der Waals surface area contributed by atoms with Gasteiger partial charge in [0.15, 0.2) is 0 Å². The molecule has 0 saturated heterocycles. The Morgan fingerprint density at radius 3 is 1.93 bits per heavy atom. The van der Waals surface area contributed by atoms with Gasteiger partial charge in [0.1, 0.15) is 0 Å². The van der Waals surface area contributed by atoms with Crippen LogP contribution in [-0.4, -0.2) is 22.3 Å². The Bertz CT molecular complexity index is 152. The summed E-state index contributed by atoms with van der Waals surface area (Å²) in [4.78, 5) is 0. The summed E-state index contributed by atoms with van der Waals surface area (Å²) in [5, 5.41) is 4.24. The molecule has 0 aromatic carbocycles. The molecular weight excluding hydrogens is 186 g/mol. The maximum Gasteiger partial charge on any atom is 0.0222 e. The molecule has 0 spiro atoms. The van der Waals surface area contributed by atoms with Crippen molar-refractivity contribution in [3.05, 3.63) is 0 Å². The van der Waals surface area contributed by atoms with Gasteiger partial charge < -0.3 is 5.32 Å². The van der Waals surface area contributed by atoms with Crippen molar-refractivity contribution in [1.29, 1.82) is 0 Å². The molecule has 2 heteroatoms. The smallest absolute Gasteiger partial charge is 0.0222 e. The van der Waals surface area contributed by atoms with Crippen molar-refractivity contribution >= 4 is 10.2 Å². The molecule has 0 aromatic rings. The first-order valence-corrected chi connectivity index (χ1v) is 7.06. The van der Waals surface area contributed by atoms with E-state index in [1.165, 1.54) is 23.1 Å². The molecule has 0 saturated carbocycles. The van der Waals surface area contributed by atoms with E-state index in [1.54, 1.807) is 0 Å². The fourth-order valence-corrected chi connectivity index (χ4v) is 3.80. The van der Waals surface area contributed by atoms with Crippen molar-refractivity contribution < 1.29 is 0 Å². The first-order valence-electron chi connectivity index (χ1n) is 6.06. The lowest BCUT2D eigenvalue weighted by Crippen LogP contribution is -2.56. The Hall–Kier alpha value is 0.177. The standard InChI is InChI=1S/C12H29NSi/c1-7-9-12(10(3)4,13-8-2)11(5,6)14/h10,13H,7-9H2,1-6,14H3. The van der Waals surface area contributed by atoms with E-state index in [4.69, 9.17) is 0 Å². The molecule has 1 nitrogen and oxygen atoms in total. The number of hydrogen-bond acceptors (Lipinski definition) is 1. The van der Waals surface area contributed by atoms with Crippen molar-refractivity contribution in [2.75, 3.05) is 6.54 Å². The Morgan fingerprint density at radius 1 is 1.21 bits per heavy atom. The van der Waals surface area contributed by atoms with Gasteiger partial charge in [-0.25, -0.2) is 0 Å². The molecule has 0 radical (unpaired) electrons. The average Bonchev–Trinajstić information content (AvgIpc) is 2.01. The number of hydrogen-bond donors (Lipinski definition) is 1. The molecule has 0 fully saturated rings. The molecule has 1 N–H and O–H groups in total. The van der Waals surface area contributed by atoms with E-state index in [2.05, 4.69) is 46.9 Å². The molecule has 0 heterocycles. The van der Waals surface area contributed by atoms with Crippen LogP contribution in [0.15, 0.2) is 0 Å². The minimum Gasteiger partial charge on any atom is -0.311 e. The van der Waals surface area contributed by atoms with Crippen molar-refractivity contribution in [3.8, 4) is 0 Å². The normalized spacial score (nSPS) is 17.4. The molecule has 86 valence electrons. The highest BCUT2D eigenvalue weighted by atomic mass is 28.1. The zero-order valence-corrected chi connectivity index (χ0v) is 13.2. The third-order valence-corrected chi connectivity index (χ3v) is 4.35. The highest BCUT2D eigenvalue weighted by Gasteiger charge is 2.42. The van der Waals surface area contributed by atoms with Gasteiger partial charge in [0.25, 0.3) is 0 Å². The largest absolute Gasteiger partial charge is 0.311 e. The third-order valence-electron chi connectivity index (χ3n) is 3.46. The molecule has 0 aliphatic heterocycles. The Morgan fingerprint density at radius 2 is 1.71 bits per heavy atom. The Labute approximate surface area is 93.5 Å². The van der Waals surface area contributed by atoms with Crippen LogP contribution in [0, 0.1) is 5.92 Å². The molecule has 0 amide bonds. The first-order chi connectivity index (χ1) is 6.31. The molecular formula is C12H29NSi. The van der Waals surface area contributed by atoms with Crippen LogP contribution in [-0.2, 0) is 0 Å². The molecule has 0 aromatic heterocycles. The van der Waals surface area contributed by atoms with Gasteiger partial charge >= 0.3 is 0 Å². The van der Waals surface area contributed by atoms with Gasteiger partial charge in [-0.05, 0) is 23.9 Å². The van der Waals surface area contributed by atoms with Crippen molar-refractivity contribution in [1.82, 2.24) is 5.32 Å². The highest BCUT2D eigenvalue weighted by molar-refractivity contribution is 6.15. The number of rotatable bonds is 6. The van der Waals surface area contributed by atoms with Crippen LogP contribution in [0.2, 0.25) is 5.04 Å².